The van der Waals surface area contributed by atoms with E-state index in [0.29, 0.717) is 18.2 Å². The van der Waals surface area contributed by atoms with E-state index in [1.54, 1.807) is 0 Å². The van der Waals surface area contributed by atoms with Gasteiger partial charge in [-0.1, -0.05) is 6.92 Å². The van der Waals surface area contributed by atoms with Crippen LogP contribution in [-0.2, 0) is 11.2 Å². The van der Waals surface area contributed by atoms with Crippen molar-refractivity contribution in [2.45, 2.75) is 33.3 Å². The average Bonchev–Trinajstić information content (AvgIpc) is 2.28. The monoisotopic (exact) mass is 210 g/mol. The quantitative estimate of drug-likeness (QED) is 0.568. The summed E-state index contributed by atoms with van der Waals surface area (Å²) < 4.78 is 5.43. The molecule has 1 rings (SSSR count). The highest BCUT2D eigenvalue weighted by molar-refractivity contribution is 5.34. The van der Waals surface area contributed by atoms with E-state index in [1.807, 2.05) is 26.8 Å². The van der Waals surface area contributed by atoms with Crippen LogP contribution in [0.2, 0.25) is 0 Å². The minimum atomic E-state index is -0.103. The van der Waals surface area contributed by atoms with Crippen LogP contribution in [0.3, 0.4) is 0 Å². The molecule has 0 saturated carbocycles. The summed E-state index contributed by atoms with van der Waals surface area (Å²) in [5.41, 5.74) is 3.49. The molecule has 0 radical (unpaired) electrons. The SMILES string of the molecule is CCOC(C)c1nc(CC)cc(NN)n1. The van der Waals surface area contributed by atoms with Gasteiger partial charge in [0.2, 0.25) is 0 Å². The predicted molar refractivity (Wildman–Crippen MR) is 59.3 cm³/mol. The molecule has 1 heterocycles. The van der Waals surface area contributed by atoms with Gasteiger partial charge in [0.15, 0.2) is 5.82 Å². The van der Waals surface area contributed by atoms with Crippen LogP contribution in [0, 0.1) is 0 Å². The van der Waals surface area contributed by atoms with Gasteiger partial charge in [-0.15, -0.1) is 0 Å². The summed E-state index contributed by atoms with van der Waals surface area (Å²) in [6, 6.07) is 1.84. The molecule has 1 unspecified atom stereocenters. The highest BCUT2D eigenvalue weighted by Gasteiger charge is 2.10. The van der Waals surface area contributed by atoms with E-state index in [4.69, 9.17) is 10.6 Å². The number of hydrogen-bond donors (Lipinski definition) is 2. The number of aryl methyl sites for hydroxylation is 1. The van der Waals surface area contributed by atoms with E-state index >= 15 is 0 Å². The predicted octanol–water partition coefficient (Wildman–Crippen LogP) is 1.42. The van der Waals surface area contributed by atoms with E-state index in [9.17, 15) is 0 Å². The number of nitrogens with one attached hydrogen (secondary N) is 1. The summed E-state index contributed by atoms with van der Waals surface area (Å²) in [5.74, 6) is 6.63. The first-order valence-electron chi connectivity index (χ1n) is 5.17. The zero-order valence-corrected chi connectivity index (χ0v) is 9.45. The van der Waals surface area contributed by atoms with Crippen LogP contribution in [0.1, 0.15) is 38.4 Å². The highest BCUT2D eigenvalue weighted by Crippen LogP contribution is 2.15. The Morgan fingerprint density at radius 1 is 1.47 bits per heavy atom. The van der Waals surface area contributed by atoms with Crippen molar-refractivity contribution in [3.05, 3.63) is 17.6 Å². The highest BCUT2D eigenvalue weighted by atomic mass is 16.5. The third-order valence-corrected chi connectivity index (χ3v) is 2.09. The van der Waals surface area contributed by atoms with Crippen LogP contribution in [0.25, 0.3) is 0 Å². The molecule has 15 heavy (non-hydrogen) atoms. The summed E-state index contributed by atoms with van der Waals surface area (Å²) >= 11 is 0. The Kier molecular flexibility index (Phi) is 4.45. The number of hydrogen-bond acceptors (Lipinski definition) is 5. The van der Waals surface area contributed by atoms with Gasteiger partial charge in [-0.25, -0.2) is 15.8 Å². The maximum Gasteiger partial charge on any atom is 0.159 e. The topological polar surface area (TPSA) is 73.1 Å². The van der Waals surface area contributed by atoms with Gasteiger partial charge in [0, 0.05) is 18.4 Å². The number of hydrazine groups is 1. The summed E-state index contributed by atoms with van der Waals surface area (Å²) in [6.45, 7) is 6.56. The zero-order chi connectivity index (χ0) is 11.3. The van der Waals surface area contributed by atoms with E-state index in [0.717, 1.165) is 12.1 Å². The molecule has 3 N–H and O–H groups in total. The number of anilines is 1. The fraction of sp³-hybridized carbons (Fsp3) is 0.600. The largest absolute Gasteiger partial charge is 0.371 e. The summed E-state index contributed by atoms with van der Waals surface area (Å²) in [4.78, 5) is 8.63. The standard InChI is InChI=1S/C10H18N4O/c1-4-8-6-9(14-11)13-10(12-8)7(3)15-5-2/h6-7H,4-5,11H2,1-3H3,(H,12,13,14). The molecular weight excluding hydrogens is 192 g/mol. The molecule has 1 aromatic heterocycles. The van der Waals surface area contributed by atoms with Gasteiger partial charge in [-0.2, -0.15) is 0 Å². The van der Waals surface area contributed by atoms with Gasteiger partial charge in [0.05, 0.1) is 0 Å². The molecule has 0 bridgehead atoms. The second-order valence-electron chi connectivity index (χ2n) is 3.20. The first-order valence-corrected chi connectivity index (χ1v) is 5.17. The Balaban J connectivity index is 2.95. The van der Waals surface area contributed by atoms with Crippen molar-refractivity contribution in [2.24, 2.45) is 5.84 Å². The molecule has 0 aliphatic heterocycles. The van der Waals surface area contributed by atoms with Crippen molar-refractivity contribution < 1.29 is 4.74 Å². The minimum Gasteiger partial charge on any atom is -0.371 e. The van der Waals surface area contributed by atoms with Crippen molar-refractivity contribution in [3.8, 4) is 0 Å². The molecule has 0 aromatic carbocycles. The smallest absolute Gasteiger partial charge is 0.159 e. The van der Waals surface area contributed by atoms with E-state index in [-0.39, 0.29) is 6.10 Å². The van der Waals surface area contributed by atoms with Crippen LogP contribution in [-0.4, -0.2) is 16.6 Å². The van der Waals surface area contributed by atoms with Crippen molar-refractivity contribution in [1.29, 1.82) is 0 Å². The lowest BCUT2D eigenvalue weighted by molar-refractivity contribution is 0.0700. The maximum atomic E-state index is 5.43. The van der Waals surface area contributed by atoms with E-state index < -0.39 is 0 Å². The lowest BCUT2D eigenvalue weighted by Crippen LogP contribution is -2.13. The molecule has 0 aliphatic rings. The van der Waals surface area contributed by atoms with Crippen molar-refractivity contribution in [2.75, 3.05) is 12.0 Å². The normalized spacial score (nSPS) is 12.5. The van der Waals surface area contributed by atoms with Gasteiger partial charge in [0.25, 0.3) is 0 Å². The molecule has 5 heteroatoms. The molecule has 0 saturated heterocycles. The number of nitrogens with zero attached hydrogens (tertiary/aromatic N) is 2. The van der Waals surface area contributed by atoms with Crippen molar-refractivity contribution >= 4 is 5.82 Å². The fourth-order valence-corrected chi connectivity index (χ4v) is 1.28. The molecule has 5 nitrogen and oxygen atoms in total. The van der Waals surface area contributed by atoms with Gasteiger partial charge in [0.1, 0.15) is 11.9 Å². The average molecular weight is 210 g/mol. The molecule has 0 aliphatic carbocycles. The molecular formula is C10H18N4O. The fourth-order valence-electron chi connectivity index (χ4n) is 1.28. The molecule has 0 amide bonds. The Labute approximate surface area is 90.0 Å². The summed E-state index contributed by atoms with van der Waals surface area (Å²) in [5, 5.41) is 0. The zero-order valence-electron chi connectivity index (χ0n) is 9.45. The van der Waals surface area contributed by atoms with Crippen molar-refractivity contribution in [1.82, 2.24) is 9.97 Å². The number of rotatable bonds is 5. The lowest BCUT2D eigenvalue weighted by Gasteiger charge is -2.12. The first kappa shape index (κ1) is 11.9. The van der Waals surface area contributed by atoms with Crippen LogP contribution >= 0.6 is 0 Å². The first-order chi connectivity index (χ1) is 7.21. The Hall–Kier alpha value is -1.20. The lowest BCUT2D eigenvalue weighted by atomic mass is 10.3. The van der Waals surface area contributed by atoms with Gasteiger partial charge < -0.3 is 10.2 Å². The molecule has 0 spiro atoms. The number of nitrogens with two attached hydrogens (primary N) is 1. The minimum absolute atomic E-state index is 0.103. The Bertz CT molecular complexity index is 294. The van der Waals surface area contributed by atoms with Gasteiger partial charge in [-0.05, 0) is 20.3 Å². The van der Waals surface area contributed by atoms with Crippen LogP contribution < -0.4 is 11.3 Å². The number of aromatic nitrogens is 2. The van der Waals surface area contributed by atoms with Gasteiger partial charge in [-0.3, -0.25) is 0 Å². The number of ether oxygens (including phenoxy) is 1. The third kappa shape index (κ3) is 3.14. The second-order valence-corrected chi connectivity index (χ2v) is 3.20. The van der Waals surface area contributed by atoms with Crippen LogP contribution in [0.15, 0.2) is 6.07 Å². The molecule has 1 atom stereocenters. The Morgan fingerprint density at radius 2 is 2.20 bits per heavy atom. The third-order valence-electron chi connectivity index (χ3n) is 2.09. The van der Waals surface area contributed by atoms with E-state index in [1.165, 1.54) is 0 Å². The van der Waals surface area contributed by atoms with E-state index in [2.05, 4.69) is 15.4 Å². The second kappa shape index (κ2) is 5.63. The summed E-state index contributed by atoms with van der Waals surface area (Å²) in [6.07, 6.45) is 0.747. The molecule has 1 aromatic rings. The number of nitrogen functional groups attached to an aromatic ring is 1. The van der Waals surface area contributed by atoms with Crippen LogP contribution in [0.5, 0.6) is 0 Å². The van der Waals surface area contributed by atoms with Crippen LogP contribution in [0.4, 0.5) is 5.82 Å². The summed E-state index contributed by atoms with van der Waals surface area (Å²) in [7, 11) is 0. The molecule has 0 fully saturated rings. The molecule has 84 valence electrons. The Morgan fingerprint density at radius 3 is 2.73 bits per heavy atom. The van der Waals surface area contributed by atoms with Crippen molar-refractivity contribution in [3.63, 3.8) is 0 Å². The maximum absolute atomic E-state index is 5.43. The van der Waals surface area contributed by atoms with Gasteiger partial charge >= 0.3 is 0 Å².